The molecule has 2 aliphatic rings. The zero-order valence-electron chi connectivity index (χ0n) is 16.3. The predicted molar refractivity (Wildman–Crippen MR) is 105 cm³/mol. The lowest BCUT2D eigenvalue weighted by atomic mass is 9.74. The van der Waals surface area contributed by atoms with Crippen molar-refractivity contribution in [3.63, 3.8) is 0 Å². The fraction of sp³-hybridized carbons (Fsp3) is 0.636. The minimum absolute atomic E-state index is 0.0443. The van der Waals surface area contributed by atoms with Crippen molar-refractivity contribution in [1.82, 2.24) is 5.32 Å². The molecule has 142 valence electrons. The van der Waals surface area contributed by atoms with Crippen LogP contribution in [0.1, 0.15) is 58.4 Å². The number of fused-ring (bicyclic) bond motifs is 1. The number of carbonyl (C=O) groups excluding carboxylic acids is 2. The summed E-state index contributed by atoms with van der Waals surface area (Å²) in [6.45, 7) is 6.78. The normalized spacial score (nSPS) is 28.4. The fourth-order valence-electron chi connectivity index (χ4n) is 4.60. The van der Waals surface area contributed by atoms with Crippen molar-refractivity contribution in [2.75, 3.05) is 5.32 Å². The van der Waals surface area contributed by atoms with Crippen molar-refractivity contribution >= 4 is 17.5 Å². The second-order valence-corrected chi connectivity index (χ2v) is 8.59. The van der Waals surface area contributed by atoms with E-state index in [2.05, 4.69) is 37.5 Å². The first-order valence-electron chi connectivity index (χ1n) is 10.1. The van der Waals surface area contributed by atoms with Crippen molar-refractivity contribution in [2.45, 2.75) is 65.3 Å². The lowest BCUT2D eigenvalue weighted by Gasteiger charge is -2.38. The summed E-state index contributed by atoms with van der Waals surface area (Å²) in [7, 11) is 0. The first kappa shape index (κ1) is 18.9. The topological polar surface area (TPSA) is 58.2 Å². The summed E-state index contributed by atoms with van der Waals surface area (Å²) in [6.07, 6.45) is 5.30. The molecular formula is C22H32N2O2. The smallest absolute Gasteiger partial charge is 0.227 e. The first-order valence-corrected chi connectivity index (χ1v) is 10.1. The van der Waals surface area contributed by atoms with Crippen LogP contribution >= 0.6 is 0 Å². The Morgan fingerprint density at radius 3 is 2.81 bits per heavy atom. The van der Waals surface area contributed by atoms with Crippen molar-refractivity contribution in [3.05, 3.63) is 29.8 Å². The molecule has 1 aromatic rings. The third-order valence-electron chi connectivity index (χ3n) is 6.20. The molecule has 0 unspecified atom stereocenters. The Bertz CT molecular complexity index is 655. The van der Waals surface area contributed by atoms with E-state index in [1.54, 1.807) is 0 Å². The number of amides is 2. The second kappa shape index (κ2) is 8.24. The molecule has 0 radical (unpaired) electrons. The van der Waals surface area contributed by atoms with E-state index in [1.165, 1.54) is 18.4 Å². The number of carbonyl (C=O) groups is 2. The summed E-state index contributed by atoms with van der Waals surface area (Å²) < 4.78 is 0. The van der Waals surface area contributed by atoms with Gasteiger partial charge in [-0.2, -0.15) is 0 Å². The van der Waals surface area contributed by atoms with Gasteiger partial charge in [-0.1, -0.05) is 45.4 Å². The van der Waals surface area contributed by atoms with Crippen LogP contribution in [0.15, 0.2) is 24.3 Å². The van der Waals surface area contributed by atoms with Gasteiger partial charge in [0.05, 0.1) is 0 Å². The monoisotopic (exact) mass is 356 g/mol. The molecule has 2 amide bonds. The average molecular weight is 357 g/mol. The fourth-order valence-corrected chi connectivity index (χ4v) is 4.60. The Labute approximate surface area is 157 Å². The minimum Gasteiger partial charge on any atom is -0.353 e. The van der Waals surface area contributed by atoms with Gasteiger partial charge in [0, 0.05) is 24.1 Å². The Kier molecular flexibility index (Phi) is 6.00. The molecule has 1 aliphatic heterocycles. The van der Waals surface area contributed by atoms with E-state index in [-0.39, 0.29) is 23.8 Å². The Morgan fingerprint density at radius 2 is 2.04 bits per heavy atom. The molecule has 4 atom stereocenters. The average Bonchev–Trinajstić information content (AvgIpc) is 2.59. The maximum atomic E-state index is 12.5. The van der Waals surface area contributed by atoms with Crippen LogP contribution in [0.4, 0.5) is 5.69 Å². The number of para-hydroxylation sites is 1. The summed E-state index contributed by atoms with van der Waals surface area (Å²) >= 11 is 0. The molecule has 1 aliphatic carbocycles. The molecule has 0 spiro atoms. The van der Waals surface area contributed by atoms with Crippen LogP contribution in [0.2, 0.25) is 0 Å². The van der Waals surface area contributed by atoms with E-state index in [0.717, 1.165) is 18.5 Å². The van der Waals surface area contributed by atoms with Crippen LogP contribution in [-0.2, 0) is 16.0 Å². The molecule has 1 heterocycles. The molecule has 4 nitrogen and oxygen atoms in total. The van der Waals surface area contributed by atoms with Gasteiger partial charge < -0.3 is 10.6 Å². The molecule has 1 fully saturated rings. The van der Waals surface area contributed by atoms with Crippen molar-refractivity contribution in [3.8, 4) is 0 Å². The van der Waals surface area contributed by atoms with E-state index >= 15 is 0 Å². The van der Waals surface area contributed by atoms with Crippen molar-refractivity contribution in [2.24, 2.45) is 23.7 Å². The van der Waals surface area contributed by atoms with Gasteiger partial charge in [-0.05, 0) is 55.1 Å². The van der Waals surface area contributed by atoms with Gasteiger partial charge in [0.25, 0.3) is 0 Å². The number of benzene rings is 1. The van der Waals surface area contributed by atoms with Crippen LogP contribution in [0, 0.1) is 23.7 Å². The van der Waals surface area contributed by atoms with Crippen molar-refractivity contribution in [1.29, 1.82) is 0 Å². The molecule has 0 saturated heterocycles. The zero-order chi connectivity index (χ0) is 18.7. The van der Waals surface area contributed by atoms with Gasteiger partial charge in [-0.25, -0.2) is 0 Å². The highest BCUT2D eigenvalue weighted by Gasteiger charge is 2.32. The highest BCUT2D eigenvalue weighted by molar-refractivity contribution is 5.96. The van der Waals surface area contributed by atoms with Crippen LogP contribution in [0.3, 0.4) is 0 Å². The maximum absolute atomic E-state index is 12.5. The van der Waals surface area contributed by atoms with Crippen LogP contribution in [0.5, 0.6) is 0 Å². The van der Waals surface area contributed by atoms with Crippen LogP contribution in [-0.4, -0.2) is 17.9 Å². The summed E-state index contributed by atoms with van der Waals surface area (Å²) in [6, 6.07) is 8.21. The Hall–Kier alpha value is -1.84. The van der Waals surface area contributed by atoms with E-state index < -0.39 is 0 Å². The van der Waals surface area contributed by atoms with E-state index in [1.807, 2.05) is 18.2 Å². The Balaban J connectivity index is 1.53. The number of hydrogen-bond donors (Lipinski definition) is 2. The molecule has 4 heteroatoms. The van der Waals surface area contributed by atoms with Gasteiger partial charge in [-0.3, -0.25) is 9.59 Å². The van der Waals surface area contributed by atoms with Gasteiger partial charge in [0.2, 0.25) is 11.8 Å². The lowest BCUT2D eigenvalue weighted by Crippen LogP contribution is -2.45. The predicted octanol–water partition coefficient (Wildman–Crippen LogP) is 4.15. The summed E-state index contributed by atoms with van der Waals surface area (Å²) in [5.74, 6) is 1.87. The quantitative estimate of drug-likeness (QED) is 0.832. The summed E-state index contributed by atoms with van der Waals surface area (Å²) in [5, 5.41) is 6.26. The Morgan fingerprint density at radius 1 is 1.27 bits per heavy atom. The molecule has 3 rings (SSSR count). The molecule has 0 aromatic heterocycles. The SMILES string of the molecule is CC(C)[C@H]1CC[C@@H](C)C[C@@H]1NC(=O)CC[C@@H]1Cc2ccccc2NC1=O. The van der Waals surface area contributed by atoms with Gasteiger partial charge in [0.1, 0.15) is 0 Å². The molecule has 1 aromatic carbocycles. The summed E-state index contributed by atoms with van der Waals surface area (Å²) in [5.41, 5.74) is 2.08. The zero-order valence-corrected chi connectivity index (χ0v) is 16.3. The van der Waals surface area contributed by atoms with Gasteiger partial charge >= 0.3 is 0 Å². The minimum atomic E-state index is -0.109. The number of hydrogen-bond acceptors (Lipinski definition) is 2. The number of anilines is 1. The van der Waals surface area contributed by atoms with Gasteiger partial charge in [-0.15, -0.1) is 0 Å². The number of nitrogens with one attached hydrogen (secondary N) is 2. The highest BCUT2D eigenvalue weighted by Crippen LogP contribution is 2.33. The molecule has 0 bridgehead atoms. The lowest BCUT2D eigenvalue weighted by molar-refractivity contribution is -0.124. The van der Waals surface area contributed by atoms with E-state index in [4.69, 9.17) is 0 Å². The van der Waals surface area contributed by atoms with Crippen LogP contribution in [0.25, 0.3) is 0 Å². The van der Waals surface area contributed by atoms with Crippen LogP contribution < -0.4 is 10.6 Å². The number of rotatable bonds is 5. The standard InChI is InChI=1S/C22H32N2O2/c1-14(2)18-10-8-15(3)12-20(18)23-21(25)11-9-17-13-16-6-4-5-7-19(16)24-22(17)26/h4-7,14-15,17-18,20H,8-13H2,1-3H3,(H,23,25)(H,24,26)/t15-,17-,18-,20+/m1/s1. The first-order chi connectivity index (χ1) is 12.4. The third kappa shape index (κ3) is 4.46. The van der Waals surface area contributed by atoms with Gasteiger partial charge in [0.15, 0.2) is 0 Å². The molecular weight excluding hydrogens is 324 g/mol. The van der Waals surface area contributed by atoms with E-state index in [0.29, 0.717) is 30.6 Å². The second-order valence-electron chi connectivity index (χ2n) is 8.59. The maximum Gasteiger partial charge on any atom is 0.227 e. The van der Waals surface area contributed by atoms with Crippen molar-refractivity contribution < 1.29 is 9.59 Å². The molecule has 1 saturated carbocycles. The highest BCUT2D eigenvalue weighted by atomic mass is 16.2. The molecule has 26 heavy (non-hydrogen) atoms. The summed E-state index contributed by atoms with van der Waals surface area (Å²) in [4.78, 5) is 24.8. The van der Waals surface area contributed by atoms with E-state index in [9.17, 15) is 9.59 Å². The third-order valence-corrected chi connectivity index (χ3v) is 6.20. The largest absolute Gasteiger partial charge is 0.353 e. The molecule has 2 N–H and O–H groups in total.